The van der Waals surface area contributed by atoms with E-state index in [2.05, 4.69) is 13.8 Å². The number of nitriles is 1. The van der Waals surface area contributed by atoms with E-state index in [4.69, 9.17) is 10.00 Å². The topological polar surface area (TPSA) is 87.5 Å². The molecule has 1 fully saturated rings. The van der Waals surface area contributed by atoms with Gasteiger partial charge in [-0.25, -0.2) is 13.2 Å². The van der Waals surface area contributed by atoms with Gasteiger partial charge in [0.05, 0.1) is 22.1 Å². The van der Waals surface area contributed by atoms with Gasteiger partial charge in [0, 0.05) is 13.1 Å². The lowest BCUT2D eigenvalue weighted by molar-refractivity contribution is 0.0472. The molecule has 2 atom stereocenters. The van der Waals surface area contributed by atoms with Gasteiger partial charge in [-0.1, -0.05) is 32.0 Å². The average Bonchev–Trinajstić information content (AvgIpc) is 2.71. The highest BCUT2D eigenvalue weighted by atomic mass is 32.2. The minimum atomic E-state index is -3.66. The maximum atomic E-state index is 13.0. The van der Waals surface area contributed by atoms with Crippen molar-refractivity contribution in [2.45, 2.75) is 31.8 Å². The molecule has 0 aliphatic carbocycles. The molecule has 0 spiro atoms. The molecule has 6 nitrogen and oxygen atoms in total. The summed E-state index contributed by atoms with van der Waals surface area (Å²) in [6.45, 7) is 5.12. The Labute approximate surface area is 171 Å². The van der Waals surface area contributed by atoms with Crippen LogP contribution in [0.1, 0.15) is 41.8 Å². The zero-order valence-corrected chi connectivity index (χ0v) is 17.4. The first kappa shape index (κ1) is 21.0. The number of carbonyl (C=O) groups is 1. The third kappa shape index (κ3) is 5.03. The van der Waals surface area contributed by atoms with Gasteiger partial charge in [-0.05, 0) is 54.2 Å². The van der Waals surface area contributed by atoms with Crippen molar-refractivity contribution in [1.29, 1.82) is 5.26 Å². The molecule has 0 bridgehead atoms. The highest BCUT2D eigenvalue weighted by molar-refractivity contribution is 7.89. The van der Waals surface area contributed by atoms with Crippen LogP contribution in [-0.2, 0) is 21.4 Å². The molecule has 1 aliphatic rings. The molecule has 1 heterocycles. The summed E-state index contributed by atoms with van der Waals surface area (Å²) in [6, 6.07) is 14.7. The van der Waals surface area contributed by atoms with Crippen LogP contribution in [0.25, 0.3) is 0 Å². The van der Waals surface area contributed by atoms with Crippen LogP contribution in [0.5, 0.6) is 0 Å². The average molecular weight is 413 g/mol. The van der Waals surface area contributed by atoms with Gasteiger partial charge in [0.2, 0.25) is 10.0 Å². The molecule has 0 aromatic heterocycles. The van der Waals surface area contributed by atoms with E-state index in [1.54, 1.807) is 36.4 Å². The van der Waals surface area contributed by atoms with Gasteiger partial charge in [0.1, 0.15) is 6.61 Å². The summed E-state index contributed by atoms with van der Waals surface area (Å²) < 4.78 is 32.9. The van der Waals surface area contributed by atoms with E-state index >= 15 is 0 Å². The van der Waals surface area contributed by atoms with Crippen molar-refractivity contribution >= 4 is 16.0 Å². The number of piperidine rings is 1. The number of esters is 1. The monoisotopic (exact) mass is 412 g/mol. The van der Waals surface area contributed by atoms with Crippen LogP contribution < -0.4 is 0 Å². The molecule has 2 aromatic carbocycles. The second-order valence-electron chi connectivity index (χ2n) is 7.68. The SMILES string of the molecule is C[C@@H]1C[C@H](C)CN(S(=O)(=O)c2cccc(C(=O)OCc3ccc(C#N)cc3)c2)C1. The maximum absolute atomic E-state index is 13.0. The molecule has 7 heteroatoms. The molecular weight excluding hydrogens is 388 g/mol. The Balaban J connectivity index is 1.72. The van der Waals surface area contributed by atoms with Crippen LogP contribution in [0.15, 0.2) is 53.4 Å². The smallest absolute Gasteiger partial charge is 0.338 e. The fourth-order valence-electron chi connectivity index (χ4n) is 3.64. The second-order valence-corrected chi connectivity index (χ2v) is 9.62. The minimum Gasteiger partial charge on any atom is -0.457 e. The maximum Gasteiger partial charge on any atom is 0.338 e. The number of benzene rings is 2. The lowest BCUT2D eigenvalue weighted by Gasteiger charge is -2.34. The van der Waals surface area contributed by atoms with E-state index in [9.17, 15) is 13.2 Å². The Hall–Kier alpha value is -2.69. The molecule has 0 N–H and O–H groups in total. The van der Waals surface area contributed by atoms with Gasteiger partial charge in [-0.15, -0.1) is 0 Å². The van der Waals surface area contributed by atoms with Crippen molar-refractivity contribution in [2.75, 3.05) is 13.1 Å². The van der Waals surface area contributed by atoms with E-state index in [0.29, 0.717) is 30.5 Å². The first-order valence-electron chi connectivity index (χ1n) is 9.56. The van der Waals surface area contributed by atoms with Crippen molar-refractivity contribution in [3.05, 3.63) is 65.2 Å². The van der Waals surface area contributed by atoms with Gasteiger partial charge >= 0.3 is 5.97 Å². The fraction of sp³-hybridized carbons (Fsp3) is 0.364. The van der Waals surface area contributed by atoms with Crippen molar-refractivity contribution in [1.82, 2.24) is 4.31 Å². The molecule has 0 radical (unpaired) electrons. The molecule has 1 saturated heterocycles. The summed E-state index contributed by atoms with van der Waals surface area (Å²) in [5, 5.41) is 8.82. The van der Waals surface area contributed by atoms with Crippen molar-refractivity contribution in [3.8, 4) is 6.07 Å². The van der Waals surface area contributed by atoms with Crippen molar-refractivity contribution < 1.29 is 17.9 Å². The Morgan fingerprint density at radius 2 is 1.79 bits per heavy atom. The van der Waals surface area contributed by atoms with Crippen LogP contribution in [0, 0.1) is 23.2 Å². The van der Waals surface area contributed by atoms with E-state index in [1.165, 1.54) is 16.4 Å². The van der Waals surface area contributed by atoms with Gasteiger partial charge in [0.25, 0.3) is 0 Å². The molecule has 29 heavy (non-hydrogen) atoms. The summed E-state index contributed by atoms with van der Waals surface area (Å²) >= 11 is 0. The number of sulfonamides is 1. The number of hydrogen-bond acceptors (Lipinski definition) is 5. The first-order chi connectivity index (χ1) is 13.8. The lowest BCUT2D eigenvalue weighted by Crippen LogP contribution is -2.42. The molecule has 152 valence electrons. The number of rotatable bonds is 5. The zero-order valence-electron chi connectivity index (χ0n) is 16.5. The summed E-state index contributed by atoms with van der Waals surface area (Å²) in [5.74, 6) is 0.00924. The molecule has 0 saturated carbocycles. The Morgan fingerprint density at radius 1 is 1.14 bits per heavy atom. The largest absolute Gasteiger partial charge is 0.457 e. The predicted molar refractivity (Wildman–Crippen MR) is 108 cm³/mol. The molecule has 2 aromatic rings. The molecular formula is C22H24N2O4S. The highest BCUT2D eigenvalue weighted by Gasteiger charge is 2.32. The van der Waals surface area contributed by atoms with Crippen LogP contribution >= 0.6 is 0 Å². The quantitative estimate of drug-likeness (QED) is 0.701. The zero-order chi connectivity index (χ0) is 21.0. The van der Waals surface area contributed by atoms with Gasteiger partial charge in [0.15, 0.2) is 0 Å². The molecule has 3 rings (SSSR count). The van der Waals surface area contributed by atoms with E-state index in [1.807, 2.05) is 6.07 Å². The van der Waals surface area contributed by atoms with Crippen LogP contribution in [-0.4, -0.2) is 31.8 Å². The minimum absolute atomic E-state index is 0.0443. The Bertz CT molecular complexity index is 1020. The van der Waals surface area contributed by atoms with E-state index in [0.717, 1.165) is 12.0 Å². The standard InChI is InChI=1S/C22H24N2O4S/c1-16-10-17(2)14-24(13-16)29(26,27)21-5-3-4-20(11-21)22(25)28-15-19-8-6-18(12-23)7-9-19/h3-9,11,16-17H,10,13-15H2,1-2H3/t16-,17+. The molecule has 0 unspecified atom stereocenters. The highest BCUT2D eigenvalue weighted by Crippen LogP contribution is 2.27. The second kappa shape index (κ2) is 8.76. The van der Waals surface area contributed by atoms with Crippen LogP contribution in [0.2, 0.25) is 0 Å². The third-order valence-electron chi connectivity index (χ3n) is 5.00. The summed E-state index contributed by atoms with van der Waals surface area (Å²) in [7, 11) is -3.66. The Morgan fingerprint density at radius 3 is 2.41 bits per heavy atom. The Kier molecular flexibility index (Phi) is 6.36. The number of hydrogen-bond donors (Lipinski definition) is 0. The summed E-state index contributed by atoms with van der Waals surface area (Å²) in [6.07, 6.45) is 1.01. The molecule has 0 amide bonds. The number of ether oxygens (including phenoxy) is 1. The first-order valence-corrected chi connectivity index (χ1v) is 11.0. The van der Waals surface area contributed by atoms with Gasteiger partial charge < -0.3 is 4.74 Å². The van der Waals surface area contributed by atoms with Crippen LogP contribution in [0.4, 0.5) is 0 Å². The number of nitrogens with zero attached hydrogens (tertiary/aromatic N) is 2. The number of carbonyl (C=O) groups excluding carboxylic acids is 1. The third-order valence-corrected chi connectivity index (χ3v) is 6.82. The molecule has 1 aliphatic heterocycles. The summed E-state index contributed by atoms with van der Waals surface area (Å²) in [5.41, 5.74) is 1.47. The van der Waals surface area contributed by atoms with Crippen molar-refractivity contribution in [3.63, 3.8) is 0 Å². The predicted octanol–water partition coefficient (Wildman–Crippen LogP) is 3.58. The summed E-state index contributed by atoms with van der Waals surface area (Å²) in [4.78, 5) is 12.5. The van der Waals surface area contributed by atoms with E-state index < -0.39 is 16.0 Å². The lowest BCUT2D eigenvalue weighted by atomic mass is 9.94. The van der Waals surface area contributed by atoms with Crippen LogP contribution in [0.3, 0.4) is 0 Å². The van der Waals surface area contributed by atoms with E-state index in [-0.39, 0.29) is 17.1 Å². The van der Waals surface area contributed by atoms with Gasteiger partial charge in [-0.3, -0.25) is 0 Å². The fourth-order valence-corrected chi connectivity index (χ4v) is 5.37. The normalized spacial score (nSPS) is 20.0. The van der Waals surface area contributed by atoms with Gasteiger partial charge in [-0.2, -0.15) is 9.57 Å². The van der Waals surface area contributed by atoms with Crippen molar-refractivity contribution in [2.24, 2.45) is 11.8 Å².